The Morgan fingerprint density at radius 2 is 1.90 bits per heavy atom. The van der Waals surface area contributed by atoms with Crippen molar-refractivity contribution < 1.29 is 0 Å². The lowest BCUT2D eigenvalue weighted by Crippen LogP contribution is -2.44. The molecule has 1 N–H and O–H groups in total. The van der Waals surface area contributed by atoms with Gasteiger partial charge in [0.2, 0.25) is 0 Å². The van der Waals surface area contributed by atoms with Crippen molar-refractivity contribution in [3.05, 3.63) is 34.3 Å². The van der Waals surface area contributed by atoms with Gasteiger partial charge in [0.15, 0.2) is 0 Å². The van der Waals surface area contributed by atoms with E-state index in [2.05, 4.69) is 73.2 Å². The summed E-state index contributed by atoms with van der Waals surface area (Å²) in [5.41, 5.74) is 1.91. The monoisotopic (exact) mass is 337 g/mol. The fraction of sp³-hybridized carbons (Fsp3) is 0.667. The molecule has 0 aliphatic heterocycles. The Morgan fingerprint density at radius 1 is 1.25 bits per heavy atom. The van der Waals surface area contributed by atoms with Gasteiger partial charge in [-0.2, -0.15) is 0 Å². The van der Waals surface area contributed by atoms with E-state index in [4.69, 9.17) is 0 Å². The second kappa shape index (κ2) is 6.62. The molecule has 1 aromatic rings. The topological polar surface area (TPSA) is 12.0 Å². The lowest BCUT2D eigenvalue weighted by molar-refractivity contribution is 0.145. The van der Waals surface area contributed by atoms with Gasteiger partial charge in [-0.15, -0.1) is 0 Å². The summed E-state index contributed by atoms with van der Waals surface area (Å²) in [7, 11) is 0. The van der Waals surface area contributed by atoms with Crippen LogP contribution in [0.2, 0.25) is 0 Å². The molecule has 1 saturated carbocycles. The highest BCUT2D eigenvalue weighted by atomic mass is 79.9. The van der Waals surface area contributed by atoms with Crippen LogP contribution in [0.25, 0.3) is 0 Å². The first kappa shape index (κ1) is 16.0. The van der Waals surface area contributed by atoms with Gasteiger partial charge in [-0.05, 0) is 61.6 Å². The van der Waals surface area contributed by atoms with E-state index in [9.17, 15) is 0 Å². The minimum absolute atomic E-state index is 0.493. The molecule has 1 aromatic carbocycles. The van der Waals surface area contributed by atoms with E-state index < -0.39 is 0 Å². The summed E-state index contributed by atoms with van der Waals surface area (Å²) in [4.78, 5) is 0. The molecule has 0 amide bonds. The Balaban J connectivity index is 1.87. The zero-order chi connectivity index (χ0) is 14.8. The van der Waals surface area contributed by atoms with Crippen LogP contribution in [0.15, 0.2) is 28.7 Å². The van der Waals surface area contributed by atoms with Crippen LogP contribution in [0.5, 0.6) is 0 Å². The summed E-state index contributed by atoms with van der Waals surface area (Å²) in [5.74, 6) is 0.844. The number of rotatable bonds is 4. The van der Waals surface area contributed by atoms with Gasteiger partial charge >= 0.3 is 0 Å². The summed E-state index contributed by atoms with van der Waals surface area (Å²) >= 11 is 3.49. The molecular weight excluding hydrogens is 310 g/mol. The average Bonchev–Trinajstić information content (AvgIpc) is 2.29. The first-order valence-corrected chi connectivity index (χ1v) is 8.64. The first-order chi connectivity index (χ1) is 9.34. The second-order valence-corrected chi connectivity index (χ2v) is 8.42. The molecule has 3 unspecified atom stereocenters. The van der Waals surface area contributed by atoms with Crippen LogP contribution >= 0.6 is 15.9 Å². The van der Waals surface area contributed by atoms with Gasteiger partial charge in [0, 0.05) is 16.6 Å². The molecule has 1 aliphatic rings. The number of hydrogen-bond acceptors (Lipinski definition) is 1. The van der Waals surface area contributed by atoms with Gasteiger partial charge in [-0.25, -0.2) is 0 Å². The van der Waals surface area contributed by atoms with E-state index in [0.29, 0.717) is 17.5 Å². The zero-order valence-corrected chi connectivity index (χ0v) is 14.8. The first-order valence-electron chi connectivity index (χ1n) is 7.84. The summed E-state index contributed by atoms with van der Waals surface area (Å²) in [6, 6.07) is 9.93. The van der Waals surface area contributed by atoms with E-state index in [0.717, 1.165) is 16.8 Å². The van der Waals surface area contributed by atoms with Crippen LogP contribution in [-0.2, 0) is 6.42 Å². The standard InChI is InChI=1S/C18H28BrN/c1-13-9-17(12-18(3,4)11-13)20-14(2)10-15-5-7-16(19)8-6-15/h5-8,13-14,17,20H,9-12H2,1-4H3. The highest BCUT2D eigenvalue weighted by Gasteiger charge is 2.32. The van der Waals surface area contributed by atoms with Crippen LogP contribution < -0.4 is 5.32 Å². The molecule has 2 heteroatoms. The summed E-state index contributed by atoms with van der Waals surface area (Å²) in [5, 5.41) is 3.86. The molecule has 0 saturated heterocycles. The normalized spacial score (nSPS) is 27.2. The van der Waals surface area contributed by atoms with Gasteiger partial charge in [0.1, 0.15) is 0 Å². The lowest BCUT2D eigenvalue weighted by atomic mass is 9.70. The molecule has 112 valence electrons. The van der Waals surface area contributed by atoms with Crippen molar-refractivity contribution in [3.63, 3.8) is 0 Å². The van der Waals surface area contributed by atoms with Crippen molar-refractivity contribution in [1.82, 2.24) is 5.32 Å². The van der Waals surface area contributed by atoms with Gasteiger partial charge in [0.25, 0.3) is 0 Å². The van der Waals surface area contributed by atoms with E-state index in [1.54, 1.807) is 0 Å². The molecule has 2 rings (SSSR count). The van der Waals surface area contributed by atoms with Gasteiger partial charge in [-0.1, -0.05) is 48.8 Å². The van der Waals surface area contributed by atoms with E-state index in [-0.39, 0.29) is 0 Å². The smallest absolute Gasteiger partial charge is 0.0175 e. The highest BCUT2D eigenvalue weighted by Crippen LogP contribution is 2.38. The number of hydrogen-bond donors (Lipinski definition) is 1. The molecule has 1 nitrogen and oxygen atoms in total. The molecule has 0 spiro atoms. The maximum absolute atomic E-state index is 3.86. The van der Waals surface area contributed by atoms with Crippen molar-refractivity contribution in [1.29, 1.82) is 0 Å². The highest BCUT2D eigenvalue weighted by molar-refractivity contribution is 9.10. The molecular formula is C18H28BrN. The fourth-order valence-corrected chi connectivity index (χ4v) is 4.17. The quantitative estimate of drug-likeness (QED) is 0.797. The van der Waals surface area contributed by atoms with Gasteiger partial charge in [0.05, 0.1) is 0 Å². The van der Waals surface area contributed by atoms with Gasteiger partial charge < -0.3 is 5.32 Å². The third kappa shape index (κ3) is 4.89. The third-order valence-electron chi connectivity index (χ3n) is 4.36. The van der Waals surface area contributed by atoms with Crippen LogP contribution in [0.4, 0.5) is 0 Å². The molecule has 0 heterocycles. The van der Waals surface area contributed by atoms with E-state index >= 15 is 0 Å². The van der Waals surface area contributed by atoms with Crippen LogP contribution in [-0.4, -0.2) is 12.1 Å². The molecule has 1 fully saturated rings. The Morgan fingerprint density at radius 3 is 2.50 bits per heavy atom. The Hall–Kier alpha value is -0.340. The second-order valence-electron chi connectivity index (χ2n) is 7.51. The number of benzene rings is 1. The Labute approximate surface area is 132 Å². The Kier molecular flexibility index (Phi) is 5.30. The minimum Gasteiger partial charge on any atom is -0.311 e. The summed E-state index contributed by atoms with van der Waals surface area (Å²) < 4.78 is 1.16. The van der Waals surface area contributed by atoms with Crippen molar-refractivity contribution in [2.24, 2.45) is 11.3 Å². The van der Waals surface area contributed by atoms with Crippen molar-refractivity contribution in [2.75, 3.05) is 0 Å². The predicted molar refractivity (Wildman–Crippen MR) is 91.0 cm³/mol. The van der Waals surface area contributed by atoms with E-state index in [1.807, 2.05) is 0 Å². The SMILES string of the molecule is CC1CC(NC(C)Cc2ccc(Br)cc2)CC(C)(C)C1. The fourth-order valence-electron chi connectivity index (χ4n) is 3.91. The third-order valence-corrected chi connectivity index (χ3v) is 4.89. The van der Waals surface area contributed by atoms with E-state index in [1.165, 1.54) is 24.8 Å². The maximum atomic E-state index is 3.86. The van der Waals surface area contributed by atoms with Crippen molar-refractivity contribution in [2.45, 2.75) is 65.5 Å². The van der Waals surface area contributed by atoms with Crippen LogP contribution in [0.1, 0.15) is 52.5 Å². The largest absolute Gasteiger partial charge is 0.311 e. The minimum atomic E-state index is 0.493. The summed E-state index contributed by atoms with van der Waals surface area (Å²) in [6.45, 7) is 9.54. The van der Waals surface area contributed by atoms with Crippen molar-refractivity contribution >= 4 is 15.9 Å². The van der Waals surface area contributed by atoms with Crippen LogP contribution in [0, 0.1) is 11.3 Å². The lowest BCUT2D eigenvalue weighted by Gasteiger charge is -2.40. The van der Waals surface area contributed by atoms with Gasteiger partial charge in [-0.3, -0.25) is 0 Å². The maximum Gasteiger partial charge on any atom is 0.0175 e. The molecule has 1 aliphatic carbocycles. The molecule has 0 bridgehead atoms. The molecule has 20 heavy (non-hydrogen) atoms. The molecule has 0 radical (unpaired) electrons. The average molecular weight is 338 g/mol. The predicted octanol–water partition coefficient (Wildman–Crippen LogP) is 5.18. The molecule has 0 aromatic heterocycles. The summed E-state index contributed by atoms with van der Waals surface area (Å²) in [6.07, 6.45) is 5.11. The van der Waals surface area contributed by atoms with Crippen LogP contribution in [0.3, 0.4) is 0 Å². The molecule has 3 atom stereocenters. The number of nitrogens with one attached hydrogen (secondary N) is 1. The Bertz CT molecular complexity index is 424. The zero-order valence-electron chi connectivity index (χ0n) is 13.2. The number of halogens is 1. The van der Waals surface area contributed by atoms with Crippen molar-refractivity contribution in [3.8, 4) is 0 Å².